The maximum Gasteiger partial charge on any atom is 0.573 e. The van der Waals surface area contributed by atoms with Crippen molar-refractivity contribution in [3.63, 3.8) is 0 Å². The van der Waals surface area contributed by atoms with E-state index >= 15 is 0 Å². The van der Waals surface area contributed by atoms with Crippen molar-refractivity contribution in [3.05, 3.63) is 83.2 Å². The van der Waals surface area contributed by atoms with Gasteiger partial charge in [-0.15, -0.1) is 13.2 Å². The molecule has 0 unspecified atom stereocenters. The predicted molar refractivity (Wildman–Crippen MR) is 102 cm³/mol. The normalized spacial score (nSPS) is 10.7. The molecule has 0 fully saturated rings. The van der Waals surface area contributed by atoms with Crippen LogP contribution in [-0.4, -0.2) is 6.36 Å². The van der Waals surface area contributed by atoms with Crippen LogP contribution in [0.2, 0.25) is 0 Å². The van der Waals surface area contributed by atoms with Gasteiger partial charge in [0.15, 0.2) is 0 Å². The highest BCUT2D eigenvalue weighted by atomic mass is 32.2. The van der Waals surface area contributed by atoms with E-state index in [0.717, 1.165) is 30.3 Å². The Morgan fingerprint density at radius 1 is 0.774 bits per heavy atom. The number of benzene rings is 3. The molecule has 0 atom stereocenters. The number of alkyl halides is 3. The third-order valence-corrected chi connectivity index (χ3v) is 4.56. The highest BCUT2D eigenvalue weighted by Gasteiger charge is 2.30. The minimum absolute atomic E-state index is 0.0407. The number of halogens is 6. The number of hydrogen-bond acceptors (Lipinski definition) is 3. The first-order valence-corrected chi connectivity index (χ1v) is 9.20. The fraction of sp³-hybridized carbons (Fsp3) is 0.0455. The van der Waals surface area contributed by atoms with Gasteiger partial charge in [0.05, 0.1) is 10.5 Å². The summed E-state index contributed by atoms with van der Waals surface area (Å²) in [6.07, 6.45) is -4.81. The van der Waals surface area contributed by atoms with Crippen LogP contribution in [0.4, 0.5) is 26.3 Å². The van der Waals surface area contributed by atoms with E-state index in [1.807, 2.05) is 0 Å². The average molecular weight is 449 g/mol. The molecule has 3 aromatic carbocycles. The number of thiocyanates is 1. The summed E-state index contributed by atoms with van der Waals surface area (Å²) < 4.78 is 82.5. The van der Waals surface area contributed by atoms with Crippen LogP contribution in [0.1, 0.15) is 11.1 Å². The monoisotopic (exact) mass is 449 g/mol. The second-order valence-corrected chi connectivity index (χ2v) is 6.77. The van der Waals surface area contributed by atoms with Gasteiger partial charge in [-0.25, -0.2) is 13.2 Å². The minimum Gasteiger partial charge on any atom is -0.406 e. The third kappa shape index (κ3) is 5.74. The molecule has 0 saturated carbocycles. The molecule has 0 radical (unpaired) electrons. The highest BCUT2D eigenvalue weighted by molar-refractivity contribution is 8.03. The molecule has 0 aliphatic rings. The summed E-state index contributed by atoms with van der Waals surface area (Å²) in [5.41, 5.74) is 0.748. The van der Waals surface area contributed by atoms with Gasteiger partial charge in [0.2, 0.25) is 0 Å². The SMILES string of the molecule is N#CSc1c(F)cc(C#Cc2ccc(-c3ccc(OC(F)(F)F)cc3)cc2F)cc1F. The molecule has 0 aliphatic heterocycles. The molecule has 3 rings (SSSR count). The van der Waals surface area contributed by atoms with E-state index in [2.05, 4.69) is 16.6 Å². The molecule has 3 aromatic rings. The smallest absolute Gasteiger partial charge is 0.406 e. The summed E-state index contributed by atoms with van der Waals surface area (Å²) in [5.74, 6) is 1.89. The minimum atomic E-state index is -4.81. The first kappa shape index (κ1) is 22.1. The van der Waals surface area contributed by atoms with Crippen LogP contribution in [-0.2, 0) is 0 Å². The number of thioether (sulfide) groups is 1. The van der Waals surface area contributed by atoms with Gasteiger partial charge < -0.3 is 4.74 Å². The number of nitriles is 1. The van der Waals surface area contributed by atoms with E-state index in [4.69, 9.17) is 5.26 Å². The van der Waals surface area contributed by atoms with Crippen LogP contribution in [0.5, 0.6) is 5.75 Å². The molecule has 156 valence electrons. The highest BCUT2D eigenvalue weighted by Crippen LogP contribution is 2.28. The van der Waals surface area contributed by atoms with Crippen LogP contribution in [0.25, 0.3) is 11.1 Å². The van der Waals surface area contributed by atoms with Crippen LogP contribution in [0.15, 0.2) is 59.5 Å². The molecule has 31 heavy (non-hydrogen) atoms. The second kappa shape index (κ2) is 9.07. The van der Waals surface area contributed by atoms with Gasteiger partial charge in [-0.3, -0.25) is 0 Å². The number of nitrogens with zero attached hydrogens (tertiary/aromatic N) is 1. The van der Waals surface area contributed by atoms with Crippen molar-refractivity contribution in [1.82, 2.24) is 0 Å². The van der Waals surface area contributed by atoms with E-state index in [1.165, 1.54) is 24.3 Å². The molecule has 0 heterocycles. The summed E-state index contributed by atoms with van der Waals surface area (Å²) in [5, 5.41) is 10.1. The summed E-state index contributed by atoms with van der Waals surface area (Å²) >= 11 is 0.341. The van der Waals surface area contributed by atoms with Gasteiger partial charge in [0.1, 0.15) is 28.6 Å². The Labute approximate surface area is 177 Å². The maximum atomic E-state index is 14.4. The van der Waals surface area contributed by atoms with Gasteiger partial charge in [-0.05, 0) is 59.3 Å². The van der Waals surface area contributed by atoms with Crippen molar-refractivity contribution in [2.24, 2.45) is 0 Å². The summed E-state index contributed by atoms with van der Waals surface area (Å²) in [4.78, 5) is -0.449. The first-order chi connectivity index (χ1) is 14.7. The van der Waals surface area contributed by atoms with Crippen LogP contribution in [0.3, 0.4) is 0 Å². The van der Waals surface area contributed by atoms with Gasteiger partial charge >= 0.3 is 6.36 Å². The molecular weight excluding hydrogens is 440 g/mol. The van der Waals surface area contributed by atoms with E-state index < -0.39 is 34.5 Å². The lowest BCUT2D eigenvalue weighted by atomic mass is 10.0. The molecule has 0 bridgehead atoms. The number of ether oxygens (including phenoxy) is 1. The summed E-state index contributed by atoms with van der Waals surface area (Å²) in [6, 6.07) is 10.7. The van der Waals surface area contributed by atoms with Crippen molar-refractivity contribution >= 4 is 11.8 Å². The summed E-state index contributed by atoms with van der Waals surface area (Å²) in [7, 11) is 0. The lowest BCUT2D eigenvalue weighted by molar-refractivity contribution is -0.274. The Hall–Kier alpha value is -3.56. The van der Waals surface area contributed by atoms with E-state index in [1.54, 1.807) is 5.40 Å². The van der Waals surface area contributed by atoms with E-state index in [-0.39, 0.29) is 11.1 Å². The average Bonchev–Trinajstić information content (AvgIpc) is 2.69. The van der Waals surface area contributed by atoms with Gasteiger partial charge in [-0.1, -0.05) is 30.0 Å². The van der Waals surface area contributed by atoms with E-state index in [0.29, 0.717) is 22.9 Å². The quantitative estimate of drug-likeness (QED) is 0.194. The van der Waals surface area contributed by atoms with Crippen molar-refractivity contribution in [1.29, 1.82) is 5.26 Å². The van der Waals surface area contributed by atoms with Crippen molar-refractivity contribution in [2.75, 3.05) is 0 Å². The number of hydrogen-bond donors (Lipinski definition) is 0. The molecule has 0 saturated heterocycles. The molecule has 0 N–H and O–H groups in total. The molecule has 9 heteroatoms. The molecule has 0 amide bonds. The lowest BCUT2D eigenvalue weighted by Crippen LogP contribution is -2.16. The maximum absolute atomic E-state index is 14.4. The van der Waals surface area contributed by atoms with Crippen LogP contribution in [0, 0.1) is 40.0 Å². The fourth-order valence-electron chi connectivity index (χ4n) is 2.56. The van der Waals surface area contributed by atoms with Crippen molar-refractivity contribution in [2.45, 2.75) is 11.3 Å². The Bertz CT molecular complexity index is 1200. The Morgan fingerprint density at radius 2 is 1.39 bits per heavy atom. The van der Waals surface area contributed by atoms with E-state index in [9.17, 15) is 26.3 Å². The second-order valence-electron chi connectivity index (χ2n) is 5.98. The first-order valence-electron chi connectivity index (χ1n) is 8.39. The van der Waals surface area contributed by atoms with Crippen LogP contribution < -0.4 is 4.74 Å². The van der Waals surface area contributed by atoms with Gasteiger partial charge in [0, 0.05) is 5.56 Å². The molecule has 0 aromatic heterocycles. The van der Waals surface area contributed by atoms with Gasteiger partial charge in [-0.2, -0.15) is 5.26 Å². The molecule has 2 nitrogen and oxygen atoms in total. The predicted octanol–water partition coefficient (Wildman–Crippen LogP) is 6.64. The van der Waals surface area contributed by atoms with Crippen LogP contribution >= 0.6 is 11.8 Å². The number of rotatable bonds is 3. The zero-order chi connectivity index (χ0) is 22.6. The van der Waals surface area contributed by atoms with Crippen molar-refractivity contribution in [3.8, 4) is 34.1 Å². The zero-order valence-electron chi connectivity index (χ0n) is 15.2. The molecule has 0 aliphatic carbocycles. The Balaban J connectivity index is 1.82. The van der Waals surface area contributed by atoms with Crippen molar-refractivity contribution < 1.29 is 31.1 Å². The fourth-order valence-corrected chi connectivity index (χ4v) is 2.96. The zero-order valence-corrected chi connectivity index (χ0v) is 16.0. The lowest BCUT2D eigenvalue weighted by Gasteiger charge is -2.09. The molecular formula is C22H9F6NOS. The van der Waals surface area contributed by atoms with Gasteiger partial charge in [0.25, 0.3) is 0 Å². The topological polar surface area (TPSA) is 33.0 Å². The summed E-state index contributed by atoms with van der Waals surface area (Å²) in [6.45, 7) is 0. The Kier molecular flexibility index (Phi) is 6.47. The molecule has 0 spiro atoms. The standard InChI is InChI=1S/C22H9F6NOS/c23-18-11-16(14-5-7-17(8-6-14)30-22(26,27)28)4-3-15(18)2-1-13-9-19(24)21(31-12-29)20(25)10-13/h3-11H. The third-order valence-electron chi connectivity index (χ3n) is 3.88. The Morgan fingerprint density at radius 3 is 1.94 bits per heavy atom. The largest absolute Gasteiger partial charge is 0.573 e.